The molecule has 0 aliphatic carbocycles. The molecule has 1 aliphatic rings. The van der Waals surface area contributed by atoms with Gasteiger partial charge in [-0.15, -0.1) is 24.0 Å². The molecular weight excluding hydrogens is 443 g/mol. The maximum atomic E-state index is 5.91. The monoisotopic (exact) mass is 476 g/mol. The van der Waals surface area contributed by atoms with E-state index in [0.717, 1.165) is 57.6 Å². The van der Waals surface area contributed by atoms with E-state index >= 15 is 0 Å². The zero-order valence-corrected chi connectivity index (χ0v) is 18.5. The average molecular weight is 476 g/mol. The summed E-state index contributed by atoms with van der Waals surface area (Å²) in [4.78, 5) is 6.62. The molecule has 0 amide bonds. The van der Waals surface area contributed by atoms with E-state index in [0.29, 0.717) is 12.5 Å². The lowest BCUT2D eigenvalue weighted by Gasteiger charge is -2.26. The van der Waals surface area contributed by atoms with Crippen molar-refractivity contribution in [3.05, 3.63) is 29.8 Å². The van der Waals surface area contributed by atoms with Gasteiger partial charge < -0.3 is 20.1 Å². The molecule has 0 bridgehead atoms. The van der Waals surface area contributed by atoms with Gasteiger partial charge in [-0.05, 0) is 23.6 Å². The summed E-state index contributed by atoms with van der Waals surface area (Å²) in [5.74, 6) is 2.33. The van der Waals surface area contributed by atoms with Gasteiger partial charge in [0.25, 0.3) is 0 Å². The summed E-state index contributed by atoms with van der Waals surface area (Å²) in [6.45, 7) is 11.3. The number of rotatable bonds is 8. The minimum Gasteiger partial charge on any atom is -0.492 e. The van der Waals surface area contributed by atoms with Crippen LogP contribution in [0, 0.1) is 5.92 Å². The third-order valence-corrected chi connectivity index (χ3v) is 4.04. The molecule has 0 aromatic heterocycles. The lowest BCUT2D eigenvalue weighted by atomic mass is 10.2. The van der Waals surface area contributed by atoms with Crippen LogP contribution >= 0.6 is 24.0 Å². The fourth-order valence-corrected chi connectivity index (χ4v) is 2.57. The van der Waals surface area contributed by atoms with E-state index in [2.05, 4.69) is 46.5 Å². The van der Waals surface area contributed by atoms with E-state index in [-0.39, 0.29) is 24.0 Å². The Morgan fingerprint density at radius 3 is 2.73 bits per heavy atom. The topological polar surface area (TPSA) is 58.1 Å². The number of ether oxygens (including phenoxy) is 2. The second kappa shape index (κ2) is 13.2. The van der Waals surface area contributed by atoms with E-state index in [1.807, 2.05) is 12.1 Å². The van der Waals surface area contributed by atoms with E-state index in [4.69, 9.17) is 9.47 Å². The summed E-state index contributed by atoms with van der Waals surface area (Å²) in [6.07, 6.45) is 0. The predicted octanol–water partition coefficient (Wildman–Crippen LogP) is 2.34. The van der Waals surface area contributed by atoms with Crippen molar-refractivity contribution in [1.29, 1.82) is 0 Å². The van der Waals surface area contributed by atoms with Gasteiger partial charge in [-0.1, -0.05) is 26.0 Å². The van der Waals surface area contributed by atoms with Crippen LogP contribution in [0.4, 0.5) is 0 Å². The minimum absolute atomic E-state index is 0. The quantitative estimate of drug-likeness (QED) is 0.343. The Morgan fingerprint density at radius 1 is 1.27 bits per heavy atom. The summed E-state index contributed by atoms with van der Waals surface area (Å²) in [5, 5.41) is 6.65. The van der Waals surface area contributed by atoms with Crippen LogP contribution in [0.2, 0.25) is 0 Å². The molecule has 0 atom stereocenters. The van der Waals surface area contributed by atoms with Gasteiger partial charge in [0, 0.05) is 39.8 Å². The molecule has 148 valence electrons. The standard InChI is InChI=1S/C19H32N4O2.HI/c1-16(2)14-21-19(20-3)22-15-17-5-4-6-18(13-17)25-12-9-23-7-10-24-11-8-23;/h4-6,13,16H,7-12,14-15H2,1-3H3,(H2,20,21,22);1H. The van der Waals surface area contributed by atoms with Gasteiger partial charge in [0.05, 0.1) is 13.2 Å². The largest absolute Gasteiger partial charge is 0.492 e. The van der Waals surface area contributed by atoms with E-state index < -0.39 is 0 Å². The minimum atomic E-state index is 0. The highest BCUT2D eigenvalue weighted by molar-refractivity contribution is 14.0. The Balaban J connectivity index is 0.00000338. The maximum Gasteiger partial charge on any atom is 0.191 e. The molecule has 0 spiro atoms. The molecule has 6 nitrogen and oxygen atoms in total. The lowest BCUT2D eigenvalue weighted by molar-refractivity contribution is 0.0322. The molecule has 0 radical (unpaired) electrons. The Morgan fingerprint density at radius 2 is 2.04 bits per heavy atom. The highest BCUT2D eigenvalue weighted by atomic mass is 127. The van der Waals surface area contributed by atoms with Crippen LogP contribution < -0.4 is 15.4 Å². The van der Waals surface area contributed by atoms with Crippen LogP contribution in [-0.4, -0.2) is 63.9 Å². The molecular formula is C19H33IN4O2. The van der Waals surface area contributed by atoms with Gasteiger partial charge in [-0.25, -0.2) is 0 Å². The molecule has 2 rings (SSSR count). The van der Waals surface area contributed by atoms with Crippen LogP contribution in [0.1, 0.15) is 19.4 Å². The van der Waals surface area contributed by atoms with Crippen molar-refractivity contribution in [3.63, 3.8) is 0 Å². The van der Waals surface area contributed by atoms with Crippen LogP contribution in [0.15, 0.2) is 29.3 Å². The number of guanidine groups is 1. The summed E-state index contributed by atoms with van der Waals surface area (Å²) in [7, 11) is 1.79. The Bertz CT molecular complexity index is 534. The highest BCUT2D eigenvalue weighted by Crippen LogP contribution is 2.13. The van der Waals surface area contributed by atoms with Gasteiger partial charge in [0.2, 0.25) is 0 Å². The van der Waals surface area contributed by atoms with Crippen LogP contribution in [0.3, 0.4) is 0 Å². The number of hydrogen-bond donors (Lipinski definition) is 2. The molecule has 0 saturated carbocycles. The highest BCUT2D eigenvalue weighted by Gasteiger charge is 2.09. The van der Waals surface area contributed by atoms with E-state index in [1.165, 1.54) is 5.56 Å². The fraction of sp³-hybridized carbons (Fsp3) is 0.632. The second-order valence-corrected chi connectivity index (χ2v) is 6.65. The SMILES string of the molecule is CN=C(NCc1cccc(OCCN2CCOCC2)c1)NCC(C)C.I. The molecule has 1 aromatic carbocycles. The van der Waals surface area contributed by atoms with Gasteiger partial charge >= 0.3 is 0 Å². The molecule has 1 saturated heterocycles. The number of benzene rings is 1. The first kappa shape index (κ1) is 23.0. The first-order valence-corrected chi connectivity index (χ1v) is 9.13. The van der Waals surface area contributed by atoms with Gasteiger partial charge in [0.1, 0.15) is 12.4 Å². The summed E-state index contributed by atoms with van der Waals surface area (Å²) >= 11 is 0. The first-order chi connectivity index (χ1) is 12.2. The van der Waals surface area contributed by atoms with Crippen LogP contribution in [0.25, 0.3) is 0 Å². The fourth-order valence-electron chi connectivity index (χ4n) is 2.57. The van der Waals surface area contributed by atoms with Crippen molar-refractivity contribution >= 4 is 29.9 Å². The molecule has 1 aromatic rings. The third-order valence-electron chi connectivity index (χ3n) is 4.04. The molecule has 0 unspecified atom stereocenters. The van der Waals surface area contributed by atoms with E-state index in [9.17, 15) is 0 Å². The first-order valence-electron chi connectivity index (χ1n) is 9.13. The zero-order chi connectivity index (χ0) is 17.9. The smallest absolute Gasteiger partial charge is 0.191 e. The molecule has 1 fully saturated rings. The Labute approximate surface area is 174 Å². The molecule has 2 N–H and O–H groups in total. The second-order valence-electron chi connectivity index (χ2n) is 6.65. The Hall–Kier alpha value is -1.06. The van der Waals surface area contributed by atoms with Gasteiger partial charge in [-0.3, -0.25) is 9.89 Å². The van der Waals surface area contributed by atoms with Crippen LogP contribution in [-0.2, 0) is 11.3 Å². The van der Waals surface area contributed by atoms with E-state index in [1.54, 1.807) is 7.05 Å². The van der Waals surface area contributed by atoms with Crippen molar-refractivity contribution in [2.45, 2.75) is 20.4 Å². The Kier molecular flexibility index (Phi) is 11.6. The van der Waals surface area contributed by atoms with Crippen molar-refractivity contribution in [2.24, 2.45) is 10.9 Å². The normalized spacial score (nSPS) is 15.5. The van der Waals surface area contributed by atoms with Gasteiger partial charge in [0.15, 0.2) is 5.96 Å². The summed E-state index contributed by atoms with van der Waals surface area (Å²) < 4.78 is 11.3. The van der Waals surface area contributed by atoms with Crippen LogP contribution in [0.5, 0.6) is 5.75 Å². The summed E-state index contributed by atoms with van der Waals surface area (Å²) in [5.41, 5.74) is 1.18. The lowest BCUT2D eigenvalue weighted by Crippen LogP contribution is -2.38. The van der Waals surface area contributed by atoms with Gasteiger partial charge in [-0.2, -0.15) is 0 Å². The van der Waals surface area contributed by atoms with Crippen molar-refractivity contribution in [3.8, 4) is 5.75 Å². The molecule has 1 aliphatic heterocycles. The zero-order valence-electron chi connectivity index (χ0n) is 16.2. The van der Waals surface area contributed by atoms with Crippen molar-refractivity contribution < 1.29 is 9.47 Å². The number of nitrogens with zero attached hydrogens (tertiary/aromatic N) is 2. The summed E-state index contributed by atoms with van der Waals surface area (Å²) in [6, 6.07) is 8.22. The number of aliphatic imine (C=N–C) groups is 1. The molecule has 7 heteroatoms. The molecule has 1 heterocycles. The third kappa shape index (κ3) is 9.05. The number of nitrogens with one attached hydrogen (secondary N) is 2. The number of hydrogen-bond acceptors (Lipinski definition) is 4. The average Bonchev–Trinajstić information content (AvgIpc) is 2.63. The molecule has 26 heavy (non-hydrogen) atoms. The van der Waals surface area contributed by atoms with Crippen molar-refractivity contribution in [1.82, 2.24) is 15.5 Å². The number of halogens is 1. The predicted molar refractivity (Wildman–Crippen MR) is 118 cm³/mol. The van der Waals surface area contributed by atoms with Crippen molar-refractivity contribution in [2.75, 3.05) is 53.0 Å². The number of morpholine rings is 1. The maximum absolute atomic E-state index is 5.91.